The molecule has 4 aromatic carbocycles. The number of hydrogen-bond acceptors (Lipinski definition) is 21. The van der Waals surface area contributed by atoms with Gasteiger partial charge in [-0.2, -0.15) is 0 Å². The third-order valence-electron chi connectivity index (χ3n) is 19.8. The van der Waals surface area contributed by atoms with Crippen molar-refractivity contribution in [3.05, 3.63) is 254 Å². The van der Waals surface area contributed by atoms with Crippen molar-refractivity contribution in [1.82, 2.24) is 75.1 Å². The second kappa shape index (κ2) is 41.3. The van der Waals surface area contributed by atoms with Crippen LogP contribution >= 0.6 is 24.0 Å². The van der Waals surface area contributed by atoms with Gasteiger partial charge in [0.15, 0.2) is 23.0 Å². The molecule has 0 spiro atoms. The summed E-state index contributed by atoms with van der Waals surface area (Å²) in [6.45, 7) is 5.44. The van der Waals surface area contributed by atoms with Crippen LogP contribution in [0.2, 0.25) is 0 Å². The summed E-state index contributed by atoms with van der Waals surface area (Å²) in [5.74, 6) is -5.46. The standard InChI is InChI=1S/C83H95N15O16S2/c1-55-43-63-71(111-51-59-17-9-5-10-18-59)79(107)95(55)47-67(99)84-25-32-92-33-26-85-68(100)48-96-56(2)44-64(72(80(96)108)112-52-60-19-11-6-12-20-60)76(104)89-30-37-91(36-29-88-75(63)103)38-31-90-77(105)65-45-57(3)97(81(109)73(65)113-53-61-21-13-7-14-22-61)49-69(101)86-27-34-93(40-39-92)35-28-87-70(102)50-98-58(4)46-66(78(106)94-41-42-116-83(94)115)74(82(98)110)114-54-62-23-15-8-16-24-62/h5-24,43-46H,25-42,47-54H2,1-4H3,(H,84,99)(H,85,100)(H,86,101)(H,87,102)(H,88,103)(H,89,104)(H,90,105). The number of benzene rings is 4. The predicted molar refractivity (Wildman–Crippen MR) is 439 cm³/mol. The predicted octanol–water partition coefficient (Wildman–Crippen LogP) is 3.04. The molecule has 16 heterocycles. The van der Waals surface area contributed by atoms with Crippen molar-refractivity contribution in [2.75, 3.05) is 117 Å². The van der Waals surface area contributed by atoms with E-state index in [1.165, 1.54) is 59.2 Å². The van der Waals surface area contributed by atoms with Crippen LogP contribution in [-0.2, 0) is 71.8 Å². The Balaban J connectivity index is 0.933. The lowest BCUT2D eigenvalue weighted by molar-refractivity contribution is -0.122. The molecule has 4 aromatic heterocycles. The molecule has 12 aliphatic heterocycles. The Hall–Kier alpha value is -12.0. The lowest BCUT2D eigenvalue weighted by Gasteiger charge is -2.28. The van der Waals surface area contributed by atoms with Crippen LogP contribution in [0.3, 0.4) is 0 Å². The first-order valence-electron chi connectivity index (χ1n) is 38.3. The SMILES string of the molecule is Cc1cc2c(OCc3ccccc3)c(=O)n1CC(=O)NCCN1CCNC(=O)Cn3c(C)cc(c(OCc4ccccc4)c3=O)C(=O)NCCN(CCNC2=O)CCNC(=O)c2cc(C)n(c(=O)c2OCc2ccccc2)CC(=O)NCCN(CCNC(=O)Cn2c(C)cc(C(=O)N3CCSC3=S)c(OCc3ccccc3)c2=O)CC1. The molecule has 0 atom stereocenters. The molecule has 20 rings (SSSR count). The molecule has 7 N–H and O–H groups in total. The highest BCUT2D eigenvalue weighted by Crippen LogP contribution is 2.27. The van der Waals surface area contributed by atoms with Gasteiger partial charge in [0.05, 0.1) is 22.3 Å². The number of ether oxygens (including phenoxy) is 4. The van der Waals surface area contributed by atoms with Crippen molar-refractivity contribution in [2.24, 2.45) is 0 Å². The van der Waals surface area contributed by atoms with Gasteiger partial charge in [-0.3, -0.25) is 77.1 Å². The molecule has 0 saturated carbocycles. The average molecular weight is 1620 g/mol. The highest BCUT2D eigenvalue weighted by atomic mass is 32.2. The Labute approximate surface area is 679 Å². The molecule has 31 nitrogen and oxygen atoms in total. The molecular weight excluding hydrogens is 1530 g/mol. The van der Waals surface area contributed by atoms with Crippen molar-refractivity contribution in [3.63, 3.8) is 0 Å². The number of nitrogens with one attached hydrogen (secondary N) is 7. The monoisotopic (exact) mass is 1620 g/mol. The van der Waals surface area contributed by atoms with Crippen LogP contribution in [-0.4, -0.2) is 206 Å². The van der Waals surface area contributed by atoms with Crippen LogP contribution in [0.4, 0.5) is 0 Å². The Morgan fingerprint density at radius 3 is 1.14 bits per heavy atom. The summed E-state index contributed by atoms with van der Waals surface area (Å²) in [6.07, 6.45) is 0. The fourth-order valence-electron chi connectivity index (χ4n) is 13.4. The van der Waals surface area contributed by atoms with Gasteiger partial charge in [-0.05, 0) is 74.2 Å². The number of aryl methyl sites for hydroxylation is 4. The van der Waals surface area contributed by atoms with Gasteiger partial charge in [-0.15, -0.1) is 0 Å². The maximum atomic E-state index is 14.8. The van der Waals surface area contributed by atoms with E-state index in [4.69, 9.17) is 31.2 Å². The Kier molecular flexibility index (Phi) is 30.2. The third-order valence-corrected chi connectivity index (χ3v) is 21.2. The summed E-state index contributed by atoms with van der Waals surface area (Å²) in [5, 5.41) is 20.4. The first-order valence-corrected chi connectivity index (χ1v) is 39.7. The highest BCUT2D eigenvalue weighted by Gasteiger charge is 2.32. The normalized spacial score (nSPS) is 16.9. The summed E-state index contributed by atoms with van der Waals surface area (Å²) in [5.41, 5.74) is 0.531. The molecule has 610 valence electrons. The summed E-state index contributed by atoms with van der Waals surface area (Å²) in [6, 6.07) is 41.9. The van der Waals surface area contributed by atoms with Crippen LogP contribution in [0, 0.1) is 27.7 Å². The minimum Gasteiger partial charge on any atom is -0.482 e. The molecule has 8 amide bonds. The van der Waals surface area contributed by atoms with Gasteiger partial charge in [0, 0.05) is 140 Å². The largest absolute Gasteiger partial charge is 0.482 e. The van der Waals surface area contributed by atoms with Crippen molar-refractivity contribution in [1.29, 1.82) is 0 Å². The van der Waals surface area contributed by atoms with Crippen molar-refractivity contribution >= 4 is 75.6 Å². The van der Waals surface area contributed by atoms with Crippen LogP contribution in [0.15, 0.2) is 165 Å². The number of carbonyl (C=O) groups excluding carboxylic acids is 8. The minimum atomic E-state index is -0.768. The Bertz CT molecular complexity index is 5010. The van der Waals surface area contributed by atoms with Gasteiger partial charge in [-0.25, -0.2) is 0 Å². The fraction of sp³-hybridized carbons (Fsp3) is 0.361. The second-order valence-electron chi connectivity index (χ2n) is 28.0. The quantitative estimate of drug-likeness (QED) is 0.0607. The first-order chi connectivity index (χ1) is 56.1. The van der Waals surface area contributed by atoms with Crippen LogP contribution in [0.1, 0.15) is 86.5 Å². The maximum absolute atomic E-state index is 14.8. The third kappa shape index (κ3) is 22.9. The van der Waals surface area contributed by atoms with Crippen molar-refractivity contribution in [2.45, 2.75) is 80.3 Å². The second-order valence-corrected chi connectivity index (χ2v) is 29.8. The van der Waals surface area contributed by atoms with Crippen LogP contribution in [0.5, 0.6) is 23.0 Å². The lowest BCUT2D eigenvalue weighted by Crippen LogP contribution is -2.47. The smallest absolute Gasteiger partial charge is 0.294 e. The van der Waals surface area contributed by atoms with E-state index in [2.05, 4.69) is 37.2 Å². The molecule has 1 saturated heterocycles. The zero-order chi connectivity index (χ0) is 82.2. The number of aromatic nitrogens is 4. The number of hydrogen-bond donors (Lipinski definition) is 7. The van der Waals surface area contributed by atoms with E-state index in [0.717, 1.165) is 5.56 Å². The molecule has 0 aliphatic carbocycles. The number of carbonyl (C=O) groups is 8. The minimum absolute atomic E-state index is 0.000185. The van der Waals surface area contributed by atoms with E-state index in [-0.39, 0.29) is 193 Å². The number of thioether (sulfide) groups is 1. The number of pyridine rings is 4. The van der Waals surface area contributed by atoms with Gasteiger partial charge in [0.1, 0.15) is 56.9 Å². The Morgan fingerprint density at radius 1 is 0.414 bits per heavy atom. The molecule has 1 fully saturated rings. The van der Waals surface area contributed by atoms with E-state index in [0.29, 0.717) is 39.0 Å². The lowest BCUT2D eigenvalue weighted by atomic mass is 10.1. The number of thiocarbonyl (C=S) groups is 1. The van der Waals surface area contributed by atoms with Gasteiger partial charge in [-0.1, -0.05) is 145 Å². The van der Waals surface area contributed by atoms with Gasteiger partial charge in [0.25, 0.3) is 45.9 Å². The molecule has 0 unspecified atom stereocenters. The summed E-state index contributed by atoms with van der Waals surface area (Å²) in [4.78, 5) is 181. The molecule has 12 aliphatic rings. The molecule has 116 heavy (non-hydrogen) atoms. The zero-order valence-corrected chi connectivity index (χ0v) is 66.8. The first kappa shape index (κ1) is 84.9. The summed E-state index contributed by atoms with van der Waals surface area (Å²) < 4.78 is 30.0. The summed E-state index contributed by atoms with van der Waals surface area (Å²) in [7, 11) is 0. The highest BCUT2D eigenvalue weighted by molar-refractivity contribution is 8.23. The van der Waals surface area contributed by atoms with Crippen molar-refractivity contribution < 1.29 is 57.3 Å². The van der Waals surface area contributed by atoms with Gasteiger partial charge < -0.3 is 74.4 Å². The van der Waals surface area contributed by atoms with Crippen LogP contribution in [0.25, 0.3) is 0 Å². The van der Waals surface area contributed by atoms with E-state index < -0.39 is 95.7 Å². The van der Waals surface area contributed by atoms with E-state index >= 15 is 0 Å². The molecule has 33 heteroatoms. The van der Waals surface area contributed by atoms with Crippen LogP contribution < -0.4 is 78.4 Å². The zero-order valence-electron chi connectivity index (χ0n) is 65.2. The molecular formula is C83H95N15O16S2. The molecule has 8 aromatic rings. The van der Waals surface area contributed by atoms with E-state index in [1.807, 2.05) is 63.2 Å². The van der Waals surface area contributed by atoms with Gasteiger partial charge in [0.2, 0.25) is 23.6 Å². The topological polar surface area (TPSA) is 359 Å². The number of nitrogens with zero attached hydrogens (tertiary/aromatic N) is 8. The Morgan fingerprint density at radius 2 is 0.767 bits per heavy atom. The fourth-order valence-corrected chi connectivity index (χ4v) is 14.6. The number of rotatable bonds is 18. The maximum Gasteiger partial charge on any atom is 0.294 e. The average Bonchev–Trinajstić information content (AvgIpc) is 1.16. The molecule has 8 bridgehead atoms. The number of amides is 8. The van der Waals surface area contributed by atoms with Crippen molar-refractivity contribution in [3.8, 4) is 23.0 Å². The molecule has 0 radical (unpaired) electrons. The van der Waals surface area contributed by atoms with E-state index in [9.17, 15) is 57.5 Å². The van der Waals surface area contributed by atoms with Gasteiger partial charge >= 0.3 is 0 Å². The van der Waals surface area contributed by atoms with E-state index in [1.54, 1.807) is 100 Å². The summed E-state index contributed by atoms with van der Waals surface area (Å²) >= 11 is 6.83.